The van der Waals surface area contributed by atoms with Gasteiger partial charge in [0, 0.05) is 17.5 Å². The lowest BCUT2D eigenvalue weighted by atomic mass is 9.92. The molecule has 0 heterocycles. The smallest absolute Gasteiger partial charge is 0.325 e. The van der Waals surface area contributed by atoms with Gasteiger partial charge < -0.3 is 14.2 Å². The highest BCUT2D eigenvalue weighted by Crippen LogP contribution is 2.65. The Bertz CT molecular complexity index is 1710. The predicted octanol–water partition coefficient (Wildman–Crippen LogP) is 8.49. The number of esters is 1. The van der Waals surface area contributed by atoms with Gasteiger partial charge in [-0.3, -0.25) is 4.79 Å². The molecule has 6 rings (SSSR count). The van der Waals surface area contributed by atoms with Crippen molar-refractivity contribution in [3.8, 4) is 28.4 Å². The second-order valence-corrected chi connectivity index (χ2v) is 11.1. The lowest BCUT2D eigenvalue weighted by Gasteiger charge is -2.21. The normalized spacial score (nSPS) is 17.6. The Hall–Kier alpha value is -3.73. The minimum absolute atomic E-state index is 0.246. The second kappa shape index (κ2) is 9.78. The monoisotopic (exact) mass is 556 g/mol. The molecule has 1 aliphatic carbocycles. The molecule has 0 bridgehead atoms. The zero-order valence-corrected chi connectivity index (χ0v) is 23.1. The highest BCUT2D eigenvalue weighted by atomic mass is 35.5. The first kappa shape index (κ1) is 25.5. The number of hydrogen-bond donors (Lipinski definition) is 0. The van der Waals surface area contributed by atoms with Gasteiger partial charge >= 0.3 is 5.97 Å². The van der Waals surface area contributed by atoms with Gasteiger partial charge in [0.25, 0.3) is 0 Å². The fourth-order valence-electron chi connectivity index (χ4n) is 5.40. The molecule has 0 unspecified atom stereocenters. The third-order valence-corrected chi connectivity index (χ3v) is 8.36. The summed E-state index contributed by atoms with van der Waals surface area (Å²) in [5, 5.41) is 3.99. The minimum atomic E-state index is -1.29. The number of rotatable bonds is 7. The quantitative estimate of drug-likeness (QED) is 0.114. The van der Waals surface area contributed by atoms with Crippen molar-refractivity contribution < 1.29 is 19.0 Å². The lowest BCUT2D eigenvalue weighted by Crippen LogP contribution is -2.31. The van der Waals surface area contributed by atoms with Gasteiger partial charge in [-0.15, -0.1) is 0 Å². The van der Waals surface area contributed by atoms with Gasteiger partial charge in [-0.1, -0.05) is 96.0 Å². The summed E-state index contributed by atoms with van der Waals surface area (Å²) in [6, 6.07) is 31.1. The average Bonchev–Trinajstić information content (AvgIpc) is 3.56. The molecule has 0 N–H and O–H groups in total. The van der Waals surface area contributed by atoms with Crippen LogP contribution < -0.4 is 14.2 Å². The molecular formula is C33H26Cl2O4. The van der Waals surface area contributed by atoms with Gasteiger partial charge in [-0.05, 0) is 58.3 Å². The summed E-state index contributed by atoms with van der Waals surface area (Å²) in [4.78, 5) is 14.0. The first-order chi connectivity index (χ1) is 18.9. The molecule has 0 amide bonds. The zero-order chi connectivity index (χ0) is 27.2. The van der Waals surface area contributed by atoms with Crippen molar-refractivity contribution in [2.75, 3.05) is 13.7 Å². The molecule has 39 heavy (non-hydrogen) atoms. The number of carbonyl (C=O) groups excluding carboxylic acids is 1. The Labute approximate surface area is 237 Å². The Morgan fingerprint density at radius 3 is 1.85 bits per heavy atom. The summed E-state index contributed by atoms with van der Waals surface area (Å²) < 4.78 is 16.4. The summed E-state index contributed by atoms with van der Waals surface area (Å²) in [6.45, 7) is 2.46. The van der Waals surface area contributed by atoms with Crippen LogP contribution in [0.4, 0.5) is 0 Å². The van der Waals surface area contributed by atoms with E-state index in [1.54, 1.807) is 7.11 Å². The number of halogens is 2. The van der Waals surface area contributed by atoms with Crippen molar-refractivity contribution in [3.63, 3.8) is 0 Å². The molecule has 0 aromatic heterocycles. The predicted molar refractivity (Wildman–Crippen MR) is 157 cm³/mol. The summed E-state index contributed by atoms with van der Waals surface area (Å²) in [5.41, 5.74) is 1.11. The van der Waals surface area contributed by atoms with Crippen molar-refractivity contribution in [2.45, 2.75) is 23.1 Å². The number of hydrogen-bond acceptors (Lipinski definition) is 4. The van der Waals surface area contributed by atoms with Crippen LogP contribution in [0.5, 0.6) is 17.2 Å². The van der Waals surface area contributed by atoms with Gasteiger partial charge in [0.2, 0.25) is 0 Å². The van der Waals surface area contributed by atoms with Crippen LogP contribution in [0.15, 0.2) is 97.1 Å². The molecule has 6 heteroatoms. The summed E-state index contributed by atoms with van der Waals surface area (Å²) in [7, 11) is 1.64. The fourth-order valence-corrected chi connectivity index (χ4v) is 6.18. The van der Waals surface area contributed by atoms with Gasteiger partial charge in [0.05, 0.1) is 13.7 Å². The van der Waals surface area contributed by atoms with E-state index >= 15 is 0 Å². The molecule has 0 saturated heterocycles. The molecule has 1 saturated carbocycles. The van der Waals surface area contributed by atoms with E-state index in [-0.39, 0.29) is 6.42 Å². The Balaban J connectivity index is 1.51. The third kappa shape index (κ3) is 4.19. The fraction of sp³-hybridized carbons (Fsp3) is 0.182. The van der Waals surface area contributed by atoms with E-state index in [1.807, 2.05) is 97.9 Å². The third-order valence-electron chi connectivity index (χ3n) is 7.45. The van der Waals surface area contributed by atoms with E-state index in [0.717, 1.165) is 32.7 Å². The maximum atomic E-state index is 14.0. The van der Waals surface area contributed by atoms with Gasteiger partial charge in [0.15, 0.2) is 0 Å². The van der Waals surface area contributed by atoms with Gasteiger partial charge in [0.1, 0.15) is 27.0 Å². The highest BCUT2D eigenvalue weighted by Gasteiger charge is 2.73. The van der Waals surface area contributed by atoms with Gasteiger partial charge in [-0.2, -0.15) is 0 Å². The first-order valence-corrected chi connectivity index (χ1v) is 13.6. The number of ether oxygens (including phenoxy) is 3. The van der Waals surface area contributed by atoms with E-state index in [4.69, 9.17) is 37.4 Å². The lowest BCUT2D eigenvalue weighted by molar-refractivity contribution is -0.137. The zero-order valence-electron chi connectivity index (χ0n) is 21.5. The molecule has 0 aliphatic heterocycles. The van der Waals surface area contributed by atoms with Crippen LogP contribution in [0.2, 0.25) is 0 Å². The molecular weight excluding hydrogens is 531 g/mol. The second-order valence-electron chi connectivity index (χ2n) is 9.66. The maximum Gasteiger partial charge on any atom is 0.325 e. The Kier molecular flexibility index (Phi) is 6.41. The summed E-state index contributed by atoms with van der Waals surface area (Å²) in [6.07, 6.45) is 0.246. The Morgan fingerprint density at radius 2 is 1.31 bits per heavy atom. The van der Waals surface area contributed by atoms with Crippen LogP contribution in [0.3, 0.4) is 0 Å². The van der Waals surface area contributed by atoms with Crippen LogP contribution in [-0.2, 0) is 10.2 Å². The molecule has 5 aromatic carbocycles. The number of carbonyl (C=O) groups is 1. The molecule has 1 aliphatic rings. The average molecular weight is 557 g/mol. The molecule has 1 fully saturated rings. The maximum absolute atomic E-state index is 14.0. The summed E-state index contributed by atoms with van der Waals surface area (Å²) in [5.74, 6) is 1.29. The molecule has 1 atom stereocenters. The van der Waals surface area contributed by atoms with E-state index in [9.17, 15) is 4.79 Å². The molecule has 0 radical (unpaired) electrons. The molecule has 196 valence electrons. The molecule has 0 spiro atoms. The van der Waals surface area contributed by atoms with Crippen LogP contribution in [0, 0.1) is 0 Å². The van der Waals surface area contributed by atoms with Crippen molar-refractivity contribution in [2.24, 2.45) is 0 Å². The summed E-state index contributed by atoms with van der Waals surface area (Å²) >= 11 is 13.3. The van der Waals surface area contributed by atoms with E-state index in [0.29, 0.717) is 29.4 Å². The van der Waals surface area contributed by atoms with Crippen LogP contribution in [-0.4, -0.2) is 24.0 Å². The van der Waals surface area contributed by atoms with Crippen LogP contribution in [0.25, 0.3) is 32.7 Å². The minimum Gasteiger partial charge on any atom is -0.496 e. The van der Waals surface area contributed by atoms with Crippen molar-refractivity contribution in [1.82, 2.24) is 0 Å². The number of fused-ring (bicyclic) bond motifs is 2. The highest BCUT2D eigenvalue weighted by molar-refractivity contribution is 6.54. The molecule has 5 aromatic rings. The van der Waals surface area contributed by atoms with Crippen molar-refractivity contribution >= 4 is 50.7 Å². The van der Waals surface area contributed by atoms with Crippen LogP contribution in [0.1, 0.15) is 18.9 Å². The van der Waals surface area contributed by atoms with E-state index < -0.39 is 15.7 Å². The van der Waals surface area contributed by atoms with Crippen molar-refractivity contribution in [1.29, 1.82) is 0 Å². The topological polar surface area (TPSA) is 44.8 Å². The van der Waals surface area contributed by atoms with E-state index in [1.165, 1.54) is 0 Å². The standard InChI is InChI=1S/C33H26Cl2O4/c1-3-38-24-16-14-23(15-17-24)32(20-33(32,34)35)31(36)39-28-19-13-22-9-5-7-11-26(22)30(28)29-25-10-6-4-8-21(25)12-18-27(29)37-2/h4-19H,3,20H2,1-2H3/t32-/m1/s1. The van der Waals surface area contributed by atoms with Crippen LogP contribution >= 0.6 is 23.2 Å². The number of alkyl halides is 2. The number of benzene rings is 5. The van der Waals surface area contributed by atoms with Crippen molar-refractivity contribution in [3.05, 3.63) is 103 Å². The Morgan fingerprint density at radius 1 is 0.769 bits per heavy atom. The first-order valence-electron chi connectivity index (χ1n) is 12.8. The largest absolute Gasteiger partial charge is 0.496 e. The SMILES string of the molecule is CCOc1ccc([C@@]2(C(=O)Oc3ccc4ccccc4c3-c3c(OC)ccc4ccccc34)CC2(Cl)Cl)cc1. The van der Waals surface area contributed by atoms with Gasteiger partial charge in [-0.25, -0.2) is 0 Å². The number of methoxy groups -OCH3 is 1. The molecule has 4 nitrogen and oxygen atoms in total. The van der Waals surface area contributed by atoms with E-state index in [2.05, 4.69) is 6.07 Å².